The molecule has 6 aliphatic rings. The van der Waals surface area contributed by atoms with E-state index in [9.17, 15) is 4.79 Å². The summed E-state index contributed by atoms with van der Waals surface area (Å²) >= 11 is 0. The largest absolute Gasteiger partial charge is 0.368 e. The first-order valence-electron chi connectivity index (χ1n) is 13.6. The molecular weight excluding hydrogens is 396 g/mol. The van der Waals surface area contributed by atoms with Gasteiger partial charge in [0.1, 0.15) is 5.78 Å². The van der Waals surface area contributed by atoms with Crippen molar-refractivity contribution in [3.63, 3.8) is 0 Å². The lowest BCUT2D eigenvalue weighted by atomic mass is 9.52. The predicted octanol–water partition coefficient (Wildman–Crippen LogP) is 4.98. The van der Waals surface area contributed by atoms with Gasteiger partial charge in [0.15, 0.2) is 0 Å². The minimum absolute atomic E-state index is 0.0000181. The zero-order valence-electron chi connectivity index (χ0n) is 20.8. The molecule has 0 amide bonds. The molecule has 4 heteroatoms. The van der Waals surface area contributed by atoms with E-state index in [4.69, 9.17) is 4.74 Å². The molecular formula is C28H44N2O2. The number of ketones is 1. The summed E-state index contributed by atoms with van der Waals surface area (Å²) < 4.78 is 7.03. The van der Waals surface area contributed by atoms with Crippen molar-refractivity contribution in [3.05, 3.63) is 11.1 Å². The second-order valence-electron chi connectivity index (χ2n) is 13.0. The molecule has 2 heterocycles. The summed E-state index contributed by atoms with van der Waals surface area (Å²) in [5.41, 5.74) is 3.80. The van der Waals surface area contributed by atoms with E-state index in [2.05, 4.69) is 38.5 Å². The van der Waals surface area contributed by atoms with Crippen LogP contribution in [0.15, 0.2) is 11.1 Å². The number of allylic oxidation sites excluding steroid dienone is 1. The maximum absolute atomic E-state index is 12.2. The van der Waals surface area contributed by atoms with E-state index in [1.165, 1.54) is 32.1 Å². The van der Waals surface area contributed by atoms with Gasteiger partial charge in [-0.1, -0.05) is 25.0 Å². The number of carbonyl (C=O) groups is 1. The molecule has 2 N–H and O–H groups in total. The zero-order chi connectivity index (χ0) is 22.3. The number of carbonyl (C=O) groups excluding carboxylic acids is 1. The van der Waals surface area contributed by atoms with Crippen molar-refractivity contribution in [2.75, 3.05) is 13.6 Å². The molecule has 32 heavy (non-hydrogen) atoms. The van der Waals surface area contributed by atoms with Crippen LogP contribution in [-0.4, -0.2) is 36.7 Å². The molecule has 178 valence electrons. The summed E-state index contributed by atoms with van der Waals surface area (Å²) in [5.74, 6) is 4.25. The van der Waals surface area contributed by atoms with Crippen molar-refractivity contribution in [1.29, 1.82) is 0 Å². The van der Waals surface area contributed by atoms with Gasteiger partial charge in [-0.05, 0) is 107 Å². The van der Waals surface area contributed by atoms with Crippen molar-refractivity contribution >= 4 is 5.78 Å². The van der Waals surface area contributed by atoms with E-state index in [-0.39, 0.29) is 17.4 Å². The second kappa shape index (κ2) is 7.39. The maximum Gasteiger partial charge on any atom is 0.133 e. The van der Waals surface area contributed by atoms with Crippen LogP contribution in [0.2, 0.25) is 0 Å². The lowest BCUT2D eigenvalue weighted by Crippen LogP contribution is -2.65. The number of hydrogen-bond acceptors (Lipinski definition) is 4. The maximum atomic E-state index is 12.2. The van der Waals surface area contributed by atoms with Crippen molar-refractivity contribution < 1.29 is 9.53 Å². The Hall–Kier alpha value is -0.710. The molecule has 0 radical (unpaired) electrons. The van der Waals surface area contributed by atoms with Gasteiger partial charge in [0, 0.05) is 19.3 Å². The van der Waals surface area contributed by atoms with Gasteiger partial charge in [-0.2, -0.15) is 0 Å². The van der Waals surface area contributed by atoms with Crippen LogP contribution in [-0.2, 0) is 9.53 Å². The van der Waals surface area contributed by atoms with Gasteiger partial charge in [0.25, 0.3) is 0 Å². The molecule has 0 bridgehead atoms. The van der Waals surface area contributed by atoms with Crippen LogP contribution in [0.5, 0.6) is 0 Å². The highest BCUT2D eigenvalue weighted by molar-refractivity contribution is 5.79. The zero-order valence-corrected chi connectivity index (χ0v) is 20.8. The number of hydrogen-bond donors (Lipinski definition) is 2. The Kier molecular flexibility index (Phi) is 5.04. The summed E-state index contributed by atoms with van der Waals surface area (Å²) in [6, 6.07) is 0. The third kappa shape index (κ3) is 3.08. The lowest BCUT2D eigenvalue weighted by molar-refractivity contribution is -0.129. The first kappa shape index (κ1) is 21.8. The molecule has 3 saturated carbocycles. The molecule has 5 fully saturated rings. The van der Waals surface area contributed by atoms with Crippen LogP contribution in [0.4, 0.5) is 0 Å². The van der Waals surface area contributed by atoms with E-state index in [0.29, 0.717) is 23.0 Å². The van der Waals surface area contributed by atoms with Gasteiger partial charge in [-0.25, -0.2) is 0 Å². The Bertz CT molecular complexity index is 837. The topological polar surface area (TPSA) is 50.4 Å². The number of fused-ring (bicyclic) bond motifs is 6. The van der Waals surface area contributed by atoms with Gasteiger partial charge in [0.2, 0.25) is 0 Å². The molecule has 9 unspecified atom stereocenters. The SMILES string of the molecule is CNC12CC3(CCC4C(=C(C)C3)CC3C4CCC4CC(=O)CCC43C)OC1CC(C)CN2. The highest BCUT2D eigenvalue weighted by Gasteiger charge is 2.60. The number of Topliss-reactive ketones (excluding diaryl/α,β-unsaturated/α-hetero) is 1. The standard InChI is InChI=1S/C28H44N2O2/c1-17-11-25-28(29-4,30-15-17)16-27(32-25)10-8-21-22-6-5-19-12-20(31)7-9-26(19,3)24(22)13-23(21)18(2)14-27/h17,19,21-22,24-25,29-30H,5-16H2,1-4H3. The first-order chi connectivity index (χ1) is 15.3. The number of rotatable bonds is 1. The lowest BCUT2D eigenvalue weighted by Gasteiger charge is -2.52. The molecule has 2 aliphatic heterocycles. The molecule has 0 aromatic heterocycles. The monoisotopic (exact) mass is 440 g/mol. The Balaban J connectivity index is 1.27. The van der Waals surface area contributed by atoms with Gasteiger partial charge in [0.05, 0.1) is 17.4 Å². The summed E-state index contributed by atoms with van der Waals surface area (Å²) in [4.78, 5) is 12.2. The second-order valence-corrected chi connectivity index (χ2v) is 13.0. The highest BCUT2D eigenvalue weighted by Crippen LogP contribution is 2.64. The molecule has 6 rings (SSSR count). The van der Waals surface area contributed by atoms with E-state index in [1.54, 1.807) is 11.1 Å². The van der Waals surface area contributed by atoms with Crippen molar-refractivity contribution in [2.24, 2.45) is 35.0 Å². The first-order valence-corrected chi connectivity index (χ1v) is 13.6. The fraction of sp³-hybridized carbons (Fsp3) is 0.893. The summed E-state index contributed by atoms with van der Waals surface area (Å²) in [6.45, 7) is 8.43. The predicted molar refractivity (Wildman–Crippen MR) is 127 cm³/mol. The molecule has 4 nitrogen and oxygen atoms in total. The Morgan fingerprint density at radius 1 is 1.16 bits per heavy atom. The number of piperidine rings is 1. The van der Waals surface area contributed by atoms with Crippen LogP contribution in [0, 0.1) is 35.0 Å². The fourth-order valence-corrected chi connectivity index (χ4v) is 9.61. The third-order valence-corrected chi connectivity index (χ3v) is 11.4. The van der Waals surface area contributed by atoms with Gasteiger partial charge < -0.3 is 10.1 Å². The van der Waals surface area contributed by atoms with Crippen LogP contribution >= 0.6 is 0 Å². The average Bonchev–Trinajstić information content (AvgIpc) is 3.25. The van der Waals surface area contributed by atoms with Crippen LogP contribution < -0.4 is 10.6 Å². The van der Waals surface area contributed by atoms with Gasteiger partial charge in [-0.15, -0.1) is 0 Å². The van der Waals surface area contributed by atoms with Crippen LogP contribution in [0.1, 0.15) is 91.4 Å². The minimum atomic E-state index is -0.0420. The van der Waals surface area contributed by atoms with E-state index in [1.807, 2.05) is 0 Å². The molecule has 1 spiro atoms. The number of likely N-dealkylation sites (N-methyl/N-ethyl adjacent to an activating group) is 1. The third-order valence-electron chi connectivity index (χ3n) is 11.4. The van der Waals surface area contributed by atoms with Crippen LogP contribution in [0.25, 0.3) is 0 Å². The highest BCUT2D eigenvalue weighted by atomic mass is 16.5. The normalized spacial score (nSPS) is 52.9. The molecule has 4 aliphatic carbocycles. The average molecular weight is 441 g/mol. The fourth-order valence-electron chi connectivity index (χ4n) is 9.61. The number of nitrogens with one attached hydrogen (secondary N) is 2. The summed E-state index contributed by atoms with van der Waals surface area (Å²) in [6.07, 6.45) is 12.9. The van der Waals surface area contributed by atoms with Gasteiger partial charge >= 0.3 is 0 Å². The van der Waals surface area contributed by atoms with E-state index >= 15 is 0 Å². The number of ether oxygens (including phenoxy) is 1. The van der Waals surface area contributed by atoms with Crippen LogP contribution in [0.3, 0.4) is 0 Å². The quantitative estimate of drug-likeness (QED) is 0.565. The smallest absolute Gasteiger partial charge is 0.133 e. The molecule has 0 aromatic rings. The van der Waals surface area contributed by atoms with Crippen molar-refractivity contribution in [2.45, 2.75) is 109 Å². The molecule has 2 saturated heterocycles. The molecule has 9 atom stereocenters. The Morgan fingerprint density at radius 3 is 2.81 bits per heavy atom. The van der Waals surface area contributed by atoms with E-state index < -0.39 is 0 Å². The summed E-state index contributed by atoms with van der Waals surface area (Å²) in [7, 11) is 2.12. The Labute approximate surface area is 194 Å². The molecule has 0 aromatic carbocycles. The van der Waals surface area contributed by atoms with Gasteiger partial charge in [-0.3, -0.25) is 10.1 Å². The summed E-state index contributed by atoms with van der Waals surface area (Å²) in [5, 5.41) is 7.52. The van der Waals surface area contributed by atoms with Crippen molar-refractivity contribution in [1.82, 2.24) is 10.6 Å². The van der Waals surface area contributed by atoms with E-state index in [0.717, 1.165) is 62.8 Å². The Morgan fingerprint density at radius 2 is 2.00 bits per heavy atom. The van der Waals surface area contributed by atoms with Crippen molar-refractivity contribution in [3.8, 4) is 0 Å². The minimum Gasteiger partial charge on any atom is -0.368 e.